The first-order chi connectivity index (χ1) is 13.6. The maximum Gasteiger partial charge on any atom is 0.279 e. The van der Waals surface area contributed by atoms with Gasteiger partial charge in [-0.15, -0.1) is 6.58 Å². The molecule has 0 unspecified atom stereocenters. The lowest BCUT2D eigenvalue weighted by atomic mass is 10.2. The Bertz CT molecular complexity index is 1030. The molecule has 0 N–H and O–H groups in total. The van der Waals surface area contributed by atoms with Crippen molar-refractivity contribution in [2.45, 2.75) is 32.7 Å². The Morgan fingerprint density at radius 3 is 2.75 bits per heavy atom. The predicted octanol–water partition coefficient (Wildman–Crippen LogP) is 5.34. The molecule has 146 valence electrons. The van der Waals surface area contributed by atoms with Gasteiger partial charge in [-0.1, -0.05) is 43.2 Å². The van der Waals surface area contributed by atoms with E-state index in [0.717, 1.165) is 29.7 Å². The third kappa shape index (κ3) is 4.57. The molecule has 0 aliphatic rings. The molecule has 0 aliphatic carbocycles. The molecule has 6 heteroatoms. The number of hydrogen-bond donors (Lipinski definition) is 0. The minimum atomic E-state index is -0.373. The molecule has 4 nitrogen and oxygen atoms in total. The van der Waals surface area contributed by atoms with Crippen LogP contribution < -0.4 is 9.54 Å². The summed E-state index contributed by atoms with van der Waals surface area (Å²) in [5.41, 5.74) is 0.902. The zero-order valence-corrected chi connectivity index (χ0v) is 16.7. The Morgan fingerprint density at radius 2 is 2.04 bits per heavy atom. The van der Waals surface area contributed by atoms with Crippen LogP contribution in [0.3, 0.4) is 0 Å². The molecule has 1 amide bonds. The zero-order chi connectivity index (χ0) is 19.9. The minimum Gasteiger partial charge on any atom is -0.494 e. The number of fused-ring (bicyclic) bond motifs is 1. The van der Waals surface area contributed by atoms with Crippen molar-refractivity contribution in [3.05, 3.63) is 71.3 Å². The van der Waals surface area contributed by atoms with Gasteiger partial charge in [0.25, 0.3) is 5.91 Å². The number of aromatic nitrogens is 1. The first-order valence-electron chi connectivity index (χ1n) is 9.34. The van der Waals surface area contributed by atoms with E-state index < -0.39 is 0 Å². The topological polar surface area (TPSA) is 43.6 Å². The largest absolute Gasteiger partial charge is 0.494 e. The number of halogens is 1. The molecule has 2 aromatic carbocycles. The van der Waals surface area contributed by atoms with Crippen LogP contribution in [0.1, 0.15) is 36.5 Å². The quantitative estimate of drug-likeness (QED) is 0.380. The van der Waals surface area contributed by atoms with Crippen molar-refractivity contribution >= 4 is 27.5 Å². The Balaban J connectivity index is 1.85. The Morgan fingerprint density at radius 1 is 1.25 bits per heavy atom. The number of unbranched alkanes of at least 4 members (excludes halogenated alkanes) is 2. The van der Waals surface area contributed by atoms with Gasteiger partial charge >= 0.3 is 0 Å². The van der Waals surface area contributed by atoms with Crippen LogP contribution in [-0.4, -0.2) is 17.1 Å². The number of carbonyl (C=O) groups excluding carboxylic acids is 1. The van der Waals surface area contributed by atoms with E-state index in [1.807, 2.05) is 6.07 Å². The molecule has 0 aliphatic heterocycles. The molecule has 3 rings (SSSR count). The molecule has 0 saturated carbocycles. The smallest absolute Gasteiger partial charge is 0.279 e. The molecule has 28 heavy (non-hydrogen) atoms. The van der Waals surface area contributed by atoms with Crippen molar-refractivity contribution in [2.24, 2.45) is 4.99 Å². The van der Waals surface area contributed by atoms with Crippen LogP contribution in [0.4, 0.5) is 4.39 Å². The van der Waals surface area contributed by atoms with Crippen LogP contribution in [-0.2, 0) is 6.54 Å². The van der Waals surface area contributed by atoms with E-state index in [2.05, 4.69) is 18.5 Å². The Kier molecular flexibility index (Phi) is 6.76. The third-order valence-corrected chi connectivity index (χ3v) is 5.32. The van der Waals surface area contributed by atoms with E-state index in [9.17, 15) is 9.18 Å². The fraction of sp³-hybridized carbons (Fsp3) is 0.273. The first kappa shape index (κ1) is 20.0. The van der Waals surface area contributed by atoms with Crippen LogP contribution in [0.25, 0.3) is 10.2 Å². The summed E-state index contributed by atoms with van der Waals surface area (Å²) in [6.45, 7) is 6.90. The van der Waals surface area contributed by atoms with E-state index >= 15 is 0 Å². The molecule has 3 aromatic rings. The van der Waals surface area contributed by atoms with Crippen molar-refractivity contribution in [3.8, 4) is 5.75 Å². The number of hydrogen-bond acceptors (Lipinski definition) is 3. The van der Waals surface area contributed by atoms with Gasteiger partial charge in [-0.2, -0.15) is 4.99 Å². The molecule has 0 bridgehead atoms. The number of allylic oxidation sites excluding steroid dienone is 1. The molecule has 0 spiro atoms. The molecule has 1 aromatic heterocycles. The molecule has 0 atom stereocenters. The van der Waals surface area contributed by atoms with Crippen molar-refractivity contribution in [2.75, 3.05) is 6.61 Å². The fourth-order valence-corrected chi connectivity index (χ4v) is 3.91. The lowest BCUT2D eigenvalue weighted by Crippen LogP contribution is -2.16. The highest BCUT2D eigenvalue weighted by molar-refractivity contribution is 7.16. The summed E-state index contributed by atoms with van der Waals surface area (Å²) in [4.78, 5) is 17.3. The highest BCUT2D eigenvalue weighted by Gasteiger charge is 2.12. The van der Waals surface area contributed by atoms with Gasteiger partial charge in [-0.25, -0.2) is 4.39 Å². The lowest BCUT2D eigenvalue weighted by molar-refractivity contribution is 0.0998. The van der Waals surface area contributed by atoms with Crippen molar-refractivity contribution < 1.29 is 13.9 Å². The van der Waals surface area contributed by atoms with Crippen LogP contribution >= 0.6 is 11.3 Å². The summed E-state index contributed by atoms with van der Waals surface area (Å²) >= 11 is 1.28. The van der Waals surface area contributed by atoms with Gasteiger partial charge in [-0.05, 0) is 42.8 Å². The number of rotatable bonds is 8. The number of benzene rings is 2. The normalized spacial score (nSPS) is 11.7. The van der Waals surface area contributed by atoms with Crippen molar-refractivity contribution in [1.29, 1.82) is 0 Å². The summed E-state index contributed by atoms with van der Waals surface area (Å²) in [6.07, 6.45) is 4.95. The number of para-hydroxylation sites is 1. The molecular formula is C22H23FN2O2S. The number of ether oxygens (including phenoxy) is 1. The third-order valence-electron chi connectivity index (χ3n) is 4.28. The predicted molar refractivity (Wildman–Crippen MR) is 111 cm³/mol. The van der Waals surface area contributed by atoms with Gasteiger partial charge in [0.05, 0.1) is 16.8 Å². The summed E-state index contributed by atoms with van der Waals surface area (Å²) in [5.74, 6) is 0.0229. The van der Waals surface area contributed by atoms with Crippen LogP contribution in [0, 0.1) is 5.82 Å². The van der Waals surface area contributed by atoms with Gasteiger partial charge in [-0.3, -0.25) is 4.79 Å². The van der Waals surface area contributed by atoms with E-state index in [4.69, 9.17) is 4.74 Å². The van der Waals surface area contributed by atoms with Crippen LogP contribution in [0.2, 0.25) is 0 Å². The van der Waals surface area contributed by atoms with E-state index in [1.54, 1.807) is 41.0 Å². The number of carbonyl (C=O) groups is 1. The van der Waals surface area contributed by atoms with Gasteiger partial charge in [0.1, 0.15) is 11.6 Å². The molecule has 1 heterocycles. The SMILES string of the molecule is C=CCn1c(=NC(=O)c2ccc(OCCCCC)cc2)sc2cccc(F)c21. The first-order valence-corrected chi connectivity index (χ1v) is 10.2. The van der Waals surface area contributed by atoms with Crippen molar-refractivity contribution in [1.82, 2.24) is 4.57 Å². The Labute approximate surface area is 167 Å². The maximum absolute atomic E-state index is 14.2. The van der Waals surface area contributed by atoms with Crippen molar-refractivity contribution in [3.63, 3.8) is 0 Å². The number of nitrogens with zero attached hydrogens (tertiary/aromatic N) is 2. The van der Waals surface area contributed by atoms with Gasteiger partial charge in [0, 0.05) is 12.1 Å². The highest BCUT2D eigenvalue weighted by atomic mass is 32.1. The standard InChI is InChI=1S/C22H23FN2O2S/c1-3-5-6-15-27-17-12-10-16(11-13-17)21(26)24-22-25(14-4-2)20-18(23)8-7-9-19(20)28-22/h4,7-13H,2-3,5-6,14-15H2,1H3. The fourth-order valence-electron chi connectivity index (χ4n) is 2.86. The second-order valence-electron chi connectivity index (χ2n) is 6.37. The van der Waals surface area contributed by atoms with E-state index in [-0.39, 0.29) is 11.7 Å². The number of thiazole rings is 1. The van der Waals surface area contributed by atoms with Gasteiger partial charge < -0.3 is 9.30 Å². The summed E-state index contributed by atoms with van der Waals surface area (Å²) < 4.78 is 22.3. The summed E-state index contributed by atoms with van der Waals surface area (Å²) in [5, 5.41) is 0. The van der Waals surface area contributed by atoms with E-state index in [0.29, 0.717) is 29.0 Å². The average molecular weight is 399 g/mol. The zero-order valence-electron chi connectivity index (χ0n) is 15.9. The lowest BCUT2D eigenvalue weighted by Gasteiger charge is -2.05. The summed E-state index contributed by atoms with van der Waals surface area (Å²) in [7, 11) is 0. The molecule has 0 saturated heterocycles. The molecule has 0 radical (unpaired) electrons. The Hall–Kier alpha value is -2.73. The molecular weight excluding hydrogens is 375 g/mol. The highest BCUT2D eigenvalue weighted by Crippen LogP contribution is 2.20. The maximum atomic E-state index is 14.2. The van der Waals surface area contributed by atoms with Gasteiger partial charge in [0.2, 0.25) is 0 Å². The monoisotopic (exact) mass is 398 g/mol. The minimum absolute atomic E-state index is 0.339. The van der Waals surface area contributed by atoms with Crippen LogP contribution in [0.5, 0.6) is 5.75 Å². The van der Waals surface area contributed by atoms with Gasteiger partial charge in [0.15, 0.2) is 4.80 Å². The number of amides is 1. The van der Waals surface area contributed by atoms with Crippen LogP contribution in [0.15, 0.2) is 60.1 Å². The summed E-state index contributed by atoms with van der Waals surface area (Å²) in [6, 6.07) is 11.8. The van der Waals surface area contributed by atoms with E-state index in [1.165, 1.54) is 17.4 Å². The molecule has 0 fully saturated rings. The average Bonchev–Trinajstić information content (AvgIpc) is 3.04. The second-order valence-corrected chi connectivity index (χ2v) is 7.38. The second kappa shape index (κ2) is 9.46.